The van der Waals surface area contributed by atoms with Gasteiger partial charge in [0.2, 0.25) is 5.96 Å². The summed E-state index contributed by atoms with van der Waals surface area (Å²) in [6, 6.07) is 16.3. The monoisotopic (exact) mass is 310 g/mol. The van der Waals surface area contributed by atoms with Gasteiger partial charge in [0.05, 0.1) is 12.2 Å². The molecule has 1 saturated heterocycles. The first kappa shape index (κ1) is 14.7. The summed E-state index contributed by atoms with van der Waals surface area (Å²) < 4.78 is 0. The summed E-state index contributed by atoms with van der Waals surface area (Å²) in [4.78, 5) is 7.42. The lowest BCUT2D eigenvalue weighted by Gasteiger charge is -2.32. The molecule has 0 aromatic heterocycles. The molecule has 2 aromatic carbocycles. The highest BCUT2D eigenvalue weighted by atomic mass is 32.1. The van der Waals surface area contributed by atoms with Crippen molar-refractivity contribution in [2.24, 2.45) is 4.99 Å². The Kier molecular flexibility index (Phi) is 4.18. The number of anilines is 1. The summed E-state index contributed by atoms with van der Waals surface area (Å²) in [5.74, 6) is 0.684. The normalized spacial score (nSPS) is 16.7. The van der Waals surface area contributed by atoms with Crippen LogP contribution < -0.4 is 15.8 Å². The molecular formula is C17H18N4S. The van der Waals surface area contributed by atoms with E-state index in [-0.39, 0.29) is 0 Å². The van der Waals surface area contributed by atoms with Crippen molar-refractivity contribution in [3.8, 4) is 0 Å². The number of benzene rings is 2. The maximum Gasteiger partial charge on any atom is 0.223 e. The highest BCUT2D eigenvalue weighted by molar-refractivity contribution is 7.80. The molecule has 3 rings (SSSR count). The van der Waals surface area contributed by atoms with E-state index in [9.17, 15) is 0 Å². The number of rotatable bonds is 2. The van der Waals surface area contributed by atoms with E-state index in [1.807, 2.05) is 29.2 Å². The van der Waals surface area contributed by atoms with Gasteiger partial charge in [0.25, 0.3) is 0 Å². The van der Waals surface area contributed by atoms with Crippen LogP contribution in [0.1, 0.15) is 11.1 Å². The van der Waals surface area contributed by atoms with Gasteiger partial charge in [-0.05, 0) is 38.1 Å². The quantitative estimate of drug-likeness (QED) is 0.836. The van der Waals surface area contributed by atoms with Crippen LogP contribution in [0.3, 0.4) is 0 Å². The summed E-state index contributed by atoms with van der Waals surface area (Å²) in [5, 5.41) is 0. The minimum Gasteiger partial charge on any atom is -0.290 e. The van der Waals surface area contributed by atoms with E-state index >= 15 is 0 Å². The summed E-state index contributed by atoms with van der Waals surface area (Å²) in [6.07, 6.45) is 0. The van der Waals surface area contributed by atoms with Gasteiger partial charge in [0.15, 0.2) is 0 Å². The molecule has 5 heteroatoms. The summed E-state index contributed by atoms with van der Waals surface area (Å²) >= 11 is 5.50. The van der Waals surface area contributed by atoms with Crippen LogP contribution in [0.25, 0.3) is 0 Å². The van der Waals surface area contributed by atoms with Crippen LogP contribution in [0.15, 0.2) is 53.5 Å². The van der Waals surface area contributed by atoms with Gasteiger partial charge in [-0.1, -0.05) is 47.6 Å². The Balaban J connectivity index is 1.97. The largest absolute Gasteiger partial charge is 0.290 e. The van der Waals surface area contributed by atoms with Gasteiger partial charge in [0.1, 0.15) is 4.99 Å². The molecule has 0 saturated carbocycles. The van der Waals surface area contributed by atoms with Crippen LogP contribution in [0.5, 0.6) is 0 Å². The summed E-state index contributed by atoms with van der Waals surface area (Å²) in [7, 11) is 0. The van der Waals surface area contributed by atoms with Crippen molar-refractivity contribution in [3.63, 3.8) is 0 Å². The van der Waals surface area contributed by atoms with Crippen LogP contribution in [-0.4, -0.2) is 17.5 Å². The van der Waals surface area contributed by atoms with Gasteiger partial charge < -0.3 is 0 Å². The molecule has 2 aromatic rings. The van der Waals surface area contributed by atoms with E-state index in [0.717, 1.165) is 16.4 Å². The molecular weight excluding hydrogens is 292 g/mol. The van der Waals surface area contributed by atoms with E-state index in [2.05, 4.69) is 54.0 Å². The second-order valence-electron chi connectivity index (χ2n) is 5.31. The van der Waals surface area contributed by atoms with Crippen molar-refractivity contribution < 1.29 is 0 Å². The Morgan fingerprint density at radius 1 is 0.955 bits per heavy atom. The molecule has 0 unspecified atom stereocenters. The van der Waals surface area contributed by atoms with E-state index in [4.69, 9.17) is 12.2 Å². The van der Waals surface area contributed by atoms with Crippen molar-refractivity contribution in [1.82, 2.24) is 10.9 Å². The lowest BCUT2D eigenvalue weighted by atomic mass is 10.2. The maximum absolute atomic E-state index is 5.50. The lowest BCUT2D eigenvalue weighted by Crippen LogP contribution is -2.59. The van der Waals surface area contributed by atoms with Crippen molar-refractivity contribution in [2.45, 2.75) is 13.8 Å². The zero-order valence-electron chi connectivity index (χ0n) is 12.6. The fourth-order valence-electron chi connectivity index (χ4n) is 2.23. The molecule has 0 bridgehead atoms. The van der Waals surface area contributed by atoms with E-state index in [1.165, 1.54) is 11.1 Å². The number of nitrogens with zero attached hydrogens (tertiary/aromatic N) is 2. The van der Waals surface area contributed by atoms with Gasteiger partial charge in [-0.25, -0.2) is 10.4 Å². The smallest absolute Gasteiger partial charge is 0.223 e. The summed E-state index contributed by atoms with van der Waals surface area (Å²) in [6.45, 7) is 4.72. The van der Waals surface area contributed by atoms with Gasteiger partial charge in [-0.15, -0.1) is 0 Å². The number of hydrogen-bond acceptors (Lipinski definition) is 3. The number of aliphatic imine (C=N–C) groups is 1. The highest BCUT2D eigenvalue weighted by Gasteiger charge is 2.22. The second-order valence-corrected chi connectivity index (χ2v) is 5.79. The Bertz CT molecular complexity index is 704. The van der Waals surface area contributed by atoms with Crippen LogP contribution in [-0.2, 0) is 0 Å². The van der Waals surface area contributed by atoms with Crippen molar-refractivity contribution in [2.75, 3.05) is 11.4 Å². The topological polar surface area (TPSA) is 39.7 Å². The number of hydrazine groups is 1. The molecule has 2 N–H and O–H groups in total. The first-order valence-corrected chi connectivity index (χ1v) is 7.58. The average Bonchev–Trinajstić information content (AvgIpc) is 2.51. The third-order valence-electron chi connectivity index (χ3n) is 3.46. The van der Waals surface area contributed by atoms with Gasteiger partial charge in [-0.2, -0.15) is 0 Å². The number of guanidine groups is 1. The molecule has 0 atom stereocenters. The highest BCUT2D eigenvalue weighted by Crippen LogP contribution is 2.20. The first-order chi connectivity index (χ1) is 10.6. The Labute approximate surface area is 135 Å². The summed E-state index contributed by atoms with van der Waals surface area (Å²) in [5.41, 5.74) is 10.5. The average molecular weight is 310 g/mol. The molecule has 4 nitrogen and oxygen atoms in total. The minimum atomic E-state index is 0.593. The van der Waals surface area contributed by atoms with Gasteiger partial charge in [-0.3, -0.25) is 10.3 Å². The molecule has 1 aliphatic heterocycles. The van der Waals surface area contributed by atoms with Crippen LogP contribution in [0.4, 0.5) is 11.4 Å². The number of hydrogen-bond donors (Lipinski definition) is 2. The molecule has 112 valence electrons. The maximum atomic E-state index is 5.50. The second kappa shape index (κ2) is 6.25. The number of nitrogens with one attached hydrogen (secondary N) is 2. The third kappa shape index (κ3) is 3.16. The SMILES string of the molecule is Cc1ccc(N=C2NNCC(=S)N2c2ccc(C)cc2)cc1. The zero-order chi connectivity index (χ0) is 15.5. The molecule has 0 radical (unpaired) electrons. The van der Waals surface area contributed by atoms with Crippen molar-refractivity contribution in [3.05, 3.63) is 59.7 Å². The standard InChI is InChI=1S/C17H18N4S/c1-12-3-7-14(8-4-12)19-17-20-18-11-16(22)21(17)15-9-5-13(2)6-10-15/h3-10,18H,11H2,1-2H3,(H,19,20). The predicted octanol–water partition coefficient (Wildman–Crippen LogP) is 3.23. The molecule has 1 fully saturated rings. The molecule has 0 aliphatic carbocycles. The van der Waals surface area contributed by atoms with Crippen molar-refractivity contribution in [1.29, 1.82) is 0 Å². The van der Waals surface area contributed by atoms with Gasteiger partial charge >= 0.3 is 0 Å². The Morgan fingerprint density at radius 2 is 1.55 bits per heavy atom. The fraction of sp³-hybridized carbons (Fsp3) is 0.176. The molecule has 1 aliphatic rings. The van der Waals surface area contributed by atoms with Crippen molar-refractivity contribution >= 4 is 34.5 Å². The number of thiocarbonyl (C=S) groups is 1. The molecule has 0 spiro atoms. The Hall–Kier alpha value is -2.24. The van der Waals surface area contributed by atoms with E-state index in [1.54, 1.807) is 0 Å². The van der Waals surface area contributed by atoms with Gasteiger partial charge in [0, 0.05) is 5.69 Å². The molecule has 0 amide bonds. The molecule has 1 heterocycles. The van der Waals surface area contributed by atoms with E-state index in [0.29, 0.717) is 12.5 Å². The zero-order valence-corrected chi connectivity index (χ0v) is 13.4. The van der Waals surface area contributed by atoms with Crippen LogP contribution >= 0.6 is 12.2 Å². The predicted molar refractivity (Wildman–Crippen MR) is 95.7 cm³/mol. The minimum absolute atomic E-state index is 0.593. The Morgan fingerprint density at radius 3 is 2.18 bits per heavy atom. The fourth-order valence-corrected chi connectivity index (χ4v) is 2.50. The number of aryl methyl sites for hydroxylation is 2. The third-order valence-corrected chi connectivity index (χ3v) is 3.79. The first-order valence-electron chi connectivity index (χ1n) is 7.17. The van der Waals surface area contributed by atoms with Crippen LogP contribution in [0.2, 0.25) is 0 Å². The lowest BCUT2D eigenvalue weighted by molar-refractivity contribution is 0.703. The molecule has 22 heavy (non-hydrogen) atoms. The van der Waals surface area contributed by atoms with Crippen LogP contribution in [0, 0.1) is 13.8 Å². The van der Waals surface area contributed by atoms with E-state index < -0.39 is 0 Å².